The van der Waals surface area contributed by atoms with E-state index in [9.17, 15) is 4.79 Å². The molecule has 76 valence electrons. The third kappa shape index (κ3) is 3.87. The Bertz CT molecular complexity index is 157. The van der Waals surface area contributed by atoms with E-state index in [0.29, 0.717) is 13.1 Å². The third-order valence-electron chi connectivity index (χ3n) is 1.93. The normalized spacial score (nSPS) is 18.1. The molecule has 1 aliphatic rings. The Morgan fingerprint density at radius 3 is 3.08 bits per heavy atom. The van der Waals surface area contributed by atoms with Crippen LogP contribution in [0.1, 0.15) is 6.42 Å². The summed E-state index contributed by atoms with van der Waals surface area (Å²) in [5.41, 5.74) is 5.30. The molecule has 1 fully saturated rings. The second-order valence-corrected chi connectivity index (χ2v) is 4.20. The number of hydrogen-bond acceptors (Lipinski definition) is 3. The molecule has 1 saturated heterocycles. The fourth-order valence-electron chi connectivity index (χ4n) is 1.24. The zero-order chi connectivity index (χ0) is 9.52. The summed E-state index contributed by atoms with van der Waals surface area (Å²) in [7, 11) is 0. The van der Waals surface area contributed by atoms with Gasteiger partial charge in [-0.05, 0) is 12.2 Å². The summed E-state index contributed by atoms with van der Waals surface area (Å²) < 4.78 is 0. The maximum absolute atomic E-state index is 11.5. The molecular formula is C8H17N3OS. The molecule has 3 N–H and O–H groups in total. The van der Waals surface area contributed by atoms with Crippen LogP contribution in [0.4, 0.5) is 4.79 Å². The molecule has 1 rings (SSSR count). The molecule has 2 amide bonds. The lowest BCUT2D eigenvalue weighted by atomic mass is 10.4. The zero-order valence-corrected chi connectivity index (χ0v) is 8.61. The van der Waals surface area contributed by atoms with Crippen LogP contribution in [0.25, 0.3) is 0 Å². The van der Waals surface area contributed by atoms with Gasteiger partial charge in [-0.25, -0.2) is 4.79 Å². The van der Waals surface area contributed by atoms with E-state index in [1.54, 1.807) is 0 Å². The van der Waals surface area contributed by atoms with Crippen molar-refractivity contribution in [2.45, 2.75) is 6.42 Å². The van der Waals surface area contributed by atoms with Crippen molar-refractivity contribution in [2.24, 2.45) is 5.73 Å². The topological polar surface area (TPSA) is 58.4 Å². The first-order valence-corrected chi connectivity index (χ1v) is 5.80. The molecule has 0 aromatic heterocycles. The fourth-order valence-corrected chi connectivity index (χ4v) is 2.13. The minimum absolute atomic E-state index is 0.0351. The number of hydrogen-bond donors (Lipinski definition) is 2. The summed E-state index contributed by atoms with van der Waals surface area (Å²) in [6.45, 7) is 2.82. The molecule has 1 heterocycles. The Morgan fingerprint density at radius 1 is 1.46 bits per heavy atom. The molecule has 0 unspecified atom stereocenters. The van der Waals surface area contributed by atoms with Gasteiger partial charge in [-0.2, -0.15) is 11.8 Å². The Morgan fingerprint density at radius 2 is 2.31 bits per heavy atom. The molecule has 0 aromatic carbocycles. The second-order valence-electron chi connectivity index (χ2n) is 2.97. The molecular weight excluding hydrogens is 186 g/mol. The third-order valence-corrected chi connectivity index (χ3v) is 2.98. The first-order chi connectivity index (χ1) is 6.34. The standard InChI is InChI=1S/C8H17N3OS/c9-2-3-10-8(12)11-4-1-6-13-7-5-11/h1-7,9H2,(H,10,12). The van der Waals surface area contributed by atoms with Crippen molar-refractivity contribution < 1.29 is 4.79 Å². The Kier molecular flexibility index (Phi) is 5.00. The molecule has 0 bridgehead atoms. The highest BCUT2D eigenvalue weighted by atomic mass is 32.2. The number of carbonyl (C=O) groups excluding carboxylic acids is 1. The number of carbonyl (C=O) groups is 1. The van der Waals surface area contributed by atoms with Crippen LogP contribution < -0.4 is 11.1 Å². The number of urea groups is 1. The van der Waals surface area contributed by atoms with Gasteiger partial charge >= 0.3 is 6.03 Å². The maximum atomic E-state index is 11.5. The van der Waals surface area contributed by atoms with Crippen LogP contribution in [-0.2, 0) is 0 Å². The Balaban J connectivity index is 2.26. The summed E-state index contributed by atoms with van der Waals surface area (Å²) in [4.78, 5) is 13.3. The van der Waals surface area contributed by atoms with Gasteiger partial charge in [0.1, 0.15) is 0 Å². The summed E-state index contributed by atoms with van der Waals surface area (Å²) >= 11 is 1.91. The van der Waals surface area contributed by atoms with Crippen molar-refractivity contribution >= 4 is 17.8 Å². The number of nitrogens with two attached hydrogens (primary N) is 1. The van der Waals surface area contributed by atoms with E-state index in [1.807, 2.05) is 16.7 Å². The van der Waals surface area contributed by atoms with E-state index < -0.39 is 0 Å². The van der Waals surface area contributed by atoms with Crippen LogP contribution in [0, 0.1) is 0 Å². The molecule has 0 spiro atoms. The average molecular weight is 203 g/mol. The number of nitrogens with zero attached hydrogens (tertiary/aromatic N) is 1. The van der Waals surface area contributed by atoms with Gasteiger partial charge in [0.25, 0.3) is 0 Å². The van der Waals surface area contributed by atoms with Crippen molar-refractivity contribution in [1.29, 1.82) is 0 Å². The zero-order valence-electron chi connectivity index (χ0n) is 7.79. The molecule has 0 radical (unpaired) electrons. The second kappa shape index (κ2) is 6.10. The van der Waals surface area contributed by atoms with E-state index in [-0.39, 0.29) is 6.03 Å². The lowest BCUT2D eigenvalue weighted by Gasteiger charge is -2.20. The monoisotopic (exact) mass is 203 g/mol. The summed E-state index contributed by atoms with van der Waals surface area (Å²) in [5, 5.41) is 2.78. The molecule has 4 nitrogen and oxygen atoms in total. The van der Waals surface area contributed by atoms with Crippen molar-refractivity contribution in [3.8, 4) is 0 Å². The van der Waals surface area contributed by atoms with E-state index >= 15 is 0 Å². The first-order valence-electron chi connectivity index (χ1n) is 4.65. The highest BCUT2D eigenvalue weighted by Gasteiger charge is 2.14. The Labute approximate surface area is 83.2 Å². The number of thioether (sulfide) groups is 1. The maximum Gasteiger partial charge on any atom is 0.317 e. The molecule has 13 heavy (non-hydrogen) atoms. The smallest absolute Gasteiger partial charge is 0.317 e. The predicted octanol–water partition coefficient (Wildman–Crippen LogP) is 0.0936. The van der Waals surface area contributed by atoms with E-state index in [0.717, 1.165) is 25.3 Å². The number of rotatable bonds is 2. The van der Waals surface area contributed by atoms with Crippen LogP contribution in [0.5, 0.6) is 0 Å². The van der Waals surface area contributed by atoms with Crippen LogP contribution >= 0.6 is 11.8 Å². The highest BCUT2D eigenvalue weighted by Crippen LogP contribution is 2.09. The minimum atomic E-state index is 0.0351. The van der Waals surface area contributed by atoms with E-state index in [2.05, 4.69) is 5.32 Å². The van der Waals surface area contributed by atoms with Gasteiger partial charge < -0.3 is 16.0 Å². The van der Waals surface area contributed by atoms with Gasteiger partial charge in [0.2, 0.25) is 0 Å². The predicted molar refractivity (Wildman–Crippen MR) is 56.0 cm³/mol. The quantitative estimate of drug-likeness (QED) is 0.669. The van der Waals surface area contributed by atoms with Gasteiger partial charge in [0.05, 0.1) is 0 Å². The largest absolute Gasteiger partial charge is 0.337 e. The van der Waals surface area contributed by atoms with Crippen molar-refractivity contribution in [1.82, 2.24) is 10.2 Å². The Hall–Kier alpha value is -0.420. The van der Waals surface area contributed by atoms with Crippen molar-refractivity contribution in [3.63, 3.8) is 0 Å². The van der Waals surface area contributed by atoms with Crippen molar-refractivity contribution in [2.75, 3.05) is 37.7 Å². The van der Waals surface area contributed by atoms with Gasteiger partial charge in [-0.1, -0.05) is 0 Å². The fraction of sp³-hybridized carbons (Fsp3) is 0.875. The molecule has 0 atom stereocenters. The first kappa shape index (κ1) is 10.7. The molecule has 5 heteroatoms. The molecule has 1 aliphatic heterocycles. The highest BCUT2D eigenvalue weighted by molar-refractivity contribution is 7.99. The average Bonchev–Trinajstić information content (AvgIpc) is 2.42. The molecule has 0 saturated carbocycles. The lowest BCUT2D eigenvalue weighted by molar-refractivity contribution is 0.202. The van der Waals surface area contributed by atoms with Gasteiger partial charge in [0.15, 0.2) is 0 Å². The summed E-state index contributed by atoms with van der Waals surface area (Å²) in [6.07, 6.45) is 1.10. The van der Waals surface area contributed by atoms with Crippen LogP contribution in [0.3, 0.4) is 0 Å². The van der Waals surface area contributed by atoms with E-state index in [4.69, 9.17) is 5.73 Å². The lowest BCUT2D eigenvalue weighted by Crippen LogP contribution is -2.42. The minimum Gasteiger partial charge on any atom is -0.337 e. The van der Waals surface area contributed by atoms with Gasteiger partial charge in [0, 0.05) is 31.9 Å². The van der Waals surface area contributed by atoms with Crippen LogP contribution in [-0.4, -0.2) is 48.6 Å². The number of nitrogens with one attached hydrogen (secondary N) is 1. The van der Waals surface area contributed by atoms with Gasteiger partial charge in [-0.3, -0.25) is 0 Å². The van der Waals surface area contributed by atoms with Crippen LogP contribution in [0.15, 0.2) is 0 Å². The van der Waals surface area contributed by atoms with Gasteiger partial charge in [-0.15, -0.1) is 0 Å². The SMILES string of the molecule is NCCNC(=O)N1CCCSCC1. The summed E-state index contributed by atoms with van der Waals surface area (Å²) in [5.74, 6) is 2.22. The van der Waals surface area contributed by atoms with E-state index in [1.165, 1.54) is 5.75 Å². The summed E-state index contributed by atoms with van der Waals surface area (Å²) in [6, 6.07) is 0.0351. The number of amides is 2. The van der Waals surface area contributed by atoms with Crippen LogP contribution in [0.2, 0.25) is 0 Å². The van der Waals surface area contributed by atoms with Crippen molar-refractivity contribution in [3.05, 3.63) is 0 Å². The molecule has 0 aliphatic carbocycles. The molecule has 0 aromatic rings.